The smallest absolute Gasteiger partial charge is 0.230 e. The molecule has 1 aliphatic rings. The van der Waals surface area contributed by atoms with Gasteiger partial charge >= 0.3 is 0 Å². The van der Waals surface area contributed by atoms with E-state index in [9.17, 15) is 0 Å². The van der Waals surface area contributed by atoms with Crippen LogP contribution in [0.15, 0.2) is 16.8 Å². The number of nitrogens with zero attached hydrogens (tertiary/aromatic N) is 4. The maximum atomic E-state index is 5.76. The molecule has 0 radical (unpaired) electrons. The van der Waals surface area contributed by atoms with E-state index in [0.717, 1.165) is 18.7 Å². The van der Waals surface area contributed by atoms with E-state index < -0.39 is 0 Å². The second kappa shape index (κ2) is 4.87. The minimum Gasteiger partial charge on any atom is -0.378 e. The van der Waals surface area contributed by atoms with Gasteiger partial charge in [0, 0.05) is 24.0 Å². The maximum Gasteiger partial charge on any atom is 0.230 e. The summed E-state index contributed by atoms with van der Waals surface area (Å²) in [6, 6.07) is 1.97. The molecule has 0 spiro atoms. The fraction of sp³-hybridized carbons (Fsp3) is 0.364. The number of hydrogen-bond acceptors (Lipinski definition) is 7. The summed E-state index contributed by atoms with van der Waals surface area (Å²) in [5, 5.41) is 3.99. The van der Waals surface area contributed by atoms with Gasteiger partial charge in [0.25, 0.3) is 0 Å². The molecule has 2 aromatic heterocycles. The average Bonchev–Trinajstić information content (AvgIpc) is 2.93. The van der Waals surface area contributed by atoms with E-state index in [1.165, 1.54) is 0 Å². The highest BCUT2D eigenvalue weighted by Crippen LogP contribution is 2.21. The highest BCUT2D eigenvalue weighted by molar-refractivity contribution is 7.08. The first-order valence-corrected chi connectivity index (χ1v) is 6.64. The SMILES string of the molecule is Nc1nc(-c2ccsc2)nc(N2CCOCC2)n1. The summed E-state index contributed by atoms with van der Waals surface area (Å²) >= 11 is 1.61. The lowest BCUT2D eigenvalue weighted by molar-refractivity contribution is 0.122. The number of rotatable bonds is 2. The third kappa shape index (κ3) is 2.27. The van der Waals surface area contributed by atoms with Gasteiger partial charge in [-0.1, -0.05) is 0 Å². The van der Waals surface area contributed by atoms with Gasteiger partial charge < -0.3 is 15.4 Å². The van der Waals surface area contributed by atoms with Crippen molar-refractivity contribution in [3.8, 4) is 11.4 Å². The molecule has 7 heteroatoms. The standard InChI is InChI=1S/C11H13N5OS/c12-10-13-9(8-1-6-18-7-8)14-11(15-10)16-2-4-17-5-3-16/h1,6-7H,2-5H2,(H2,12,13,14,15). The van der Waals surface area contributed by atoms with E-state index in [4.69, 9.17) is 10.5 Å². The van der Waals surface area contributed by atoms with Crippen LogP contribution >= 0.6 is 11.3 Å². The highest BCUT2D eigenvalue weighted by atomic mass is 32.1. The third-order valence-corrected chi connectivity index (χ3v) is 3.40. The molecule has 0 aliphatic carbocycles. The summed E-state index contributed by atoms with van der Waals surface area (Å²) < 4.78 is 5.31. The van der Waals surface area contributed by atoms with Crippen molar-refractivity contribution in [2.45, 2.75) is 0 Å². The summed E-state index contributed by atoms with van der Waals surface area (Å²) in [6.07, 6.45) is 0. The van der Waals surface area contributed by atoms with Gasteiger partial charge in [-0.05, 0) is 11.4 Å². The number of thiophene rings is 1. The second-order valence-electron chi connectivity index (χ2n) is 3.93. The summed E-state index contributed by atoms with van der Waals surface area (Å²) in [5.74, 6) is 1.52. The largest absolute Gasteiger partial charge is 0.378 e. The van der Waals surface area contributed by atoms with E-state index in [0.29, 0.717) is 25.0 Å². The molecule has 0 atom stereocenters. The van der Waals surface area contributed by atoms with E-state index >= 15 is 0 Å². The van der Waals surface area contributed by atoms with Crippen LogP contribution in [0, 0.1) is 0 Å². The number of morpholine rings is 1. The molecule has 0 saturated carbocycles. The number of ether oxygens (including phenoxy) is 1. The van der Waals surface area contributed by atoms with Crippen LogP contribution in [-0.4, -0.2) is 41.3 Å². The normalized spacial score (nSPS) is 15.9. The van der Waals surface area contributed by atoms with Crippen molar-refractivity contribution >= 4 is 23.2 Å². The van der Waals surface area contributed by atoms with Gasteiger partial charge in [0.15, 0.2) is 5.82 Å². The Morgan fingerprint density at radius 2 is 2.06 bits per heavy atom. The zero-order chi connectivity index (χ0) is 12.4. The van der Waals surface area contributed by atoms with Crippen molar-refractivity contribution in [3.05, 3.63) is 16.8 Å². The fourth-order valence-corrected chi connectivity index (χ4v) is 2.44. The Balaban J connectivity index is 1.95. The minimum absolute atomic E-state index is 0.257. The van der Waals surface area contributed by atoms with Gasteiger partial charge in [-0.2, -0.15) is 26.3 Å². The first kappa shape index (κ1) is 11.4. The topological polar surface area (TPSA) is 77.2 Å². The zero-order valence-corrected chi connectivity index (χ0v) is 10.6. The second-order valence-corrected chi connectivity index (χ2v) is 4.71. The number of nitrogens with two attached hydrogens (primary N) is 1. The van der Waals surface area contributed by atoms with Crippen molar-refractivity contribution < 1.29 is 4.74 Å². The van der Waals surface area contributed by atoms with Crippen LogP contribution in [0.2, 0.25) is 0 Å². The molecule has 2 N–H and O–H groups in total. The molecule has 1 saturated heterocycles. The van der Waals surface area contributed by atoms with Gasteiger partial charge in [-0.15, -0.1) is 0 Å². The molecule has 94 valence electrons. The molecule has 0 bridgehead atoms. The summed E-state index contributed by atoms with van der Waals surface area (Å²) in [7, 11) is 0. The van der Waals surface area contributed by atoms with Crippen LogP contribution in [-0.2, 0) is 4.74 Å². The summed E-state index contributed by atoms with van der Waals surface area (Å²) in [6.45, 7) is 2.96. The monoisotopic (exact) mass is 263 g/mol. The molecule has 6 nitrogen and oxygen atoms in total. The predicted octanol–water partition coefficient (Wildman–Crippen LogP) is 1.02. The molecular formula is C11H13N5OS. The molecule has 1 aliphatic heterocycles. The van der Waals surface area contributed by atoms with Crippen LogP contribution in [0.1, 0.15) is 0 Å². The van der Waals surface area contributed by atoms with Crippen LogP contribution in [0.25, 0.3) is 11.4 Å². The minimum atomic E-state index is 0.257. The van der Waals surface area contributed by atoms with Crippen LogP contribution in [0.4, 0.5) is 11.9 Å². The Bertz CT molecular complexity index is 524. The fourth-order valence-electron chi connectivity index (χ4n) is 1.81. The maximum absolute atomic E-state index is 5.76. The van der Waals surface area contributed by atoms with Gasteiger partial charge in [0.2, 0.25) is 11.9 Å². The van der Waals surface area contributed by atoms with Crippen molar-refractivity contribution in [2.24, 2.45) is 0 Å². The molecule has 2 aromatic rings. The first-order chi connectivity index (χ1) is 8.83. The van der Waals surface area contributed by atoms with Crippen LogP contribution in [0.3, 0.4) is 0 Å². The molecule has 18 heavy (non-hydrogen) atoms. The summed E-state index contributed by atoms with van der Waals surface area (Å²) in [4.78, 5) is 14.9. The van der Waals surface area contributed by atoms with Crippen molar-refractivity contribution in [1.82, 2.24) is 15.0 Å². The molecular weight excluding hydrogens is 250 g/mol. The van der Waals surface area contributed by atoms with Crippen LogP contribution in [0.5, 0.6) is 0 Å². The highest BCUT2D eigenvalue weighted by Gasteiger charge is 2.16. The van der Waals surface area contributed by atoms with Crippen LogP contribution < -0.4 is 10.6 Å². The predicted molar refractivity (Wildman–Crippen MR) is 70.6 cm³/mol. The van der Waals surface area contributed by atoms with E-state index in [1.807, 2.05) is 16.8 Å². The first-order valence-electron chi connectivity index (χ1n) is 5.70. The average molecular weight is 263 g/mol. The molecule has 1 fully saturated rings. The van der Waals surface area contributed by atoms with Crippen molar-refractivity contribution in [3.63, 3.8) is 0 Å². The quantitative estimate of drug-likeness (QED) is 0.871. The Morgan fingerprint density at radius 1 is 1.22 bits per heavy atom. The lowest BCUT2D eigenvalue weighted by Crippen LogP contribution is -2.37. The molecule has 0 amide bonds. The Morgan fingerprint density at radius 3 is 2.78 bits per heavy atom. The number of hydrogen-bond donors (Lipinski definition) is 1. The van der Waals surface area contributed by atoms with Crippen molar-refractivity contribution in [2.75, 3.05) is 36.9 Å². The van der Waals surface area contributed by atoms with Crippen molar-refractivity contribution in [1.29, 1.82) is 0 Å². The Labute approximate surface area is 108 Å². The van der Waals surface area contributed by atoms with Gasteiger partial charge in [0.05, 0.1) is 13.2 Å². The molecule has 3 heterocycles. The third-order valence-electron chi connectivity index (χ3n) is 2.71. The van der Waals surface area contributed by atoms with E-state index in [2.05, 4.69) is 19.9 Å². The lowest BCUT2D eigenvalue weighted by atomic mass is 10.3. The number of nitrogen functional groups attached to an aromatic ring is 1. The van der Waals surface area contributed by atoms with Gasteiger partial charge in [-0.25, -0.2) is 0 Å². The van der Waals surface area contributed by atoms with Gasteiger partial charge in [0.1, 0.15) is 0 Å². The molecule has 0 unspecified atom stereocenters. The molecule has 3 rings (SSSR count). The van der Waals surface area contributed by atoms with E-state index in [-0.39, 0.29) is 5.95 Å². The Hall–Kier alpha value is -1.73. The Kier molecular flexibility index (Phi) is 3.07. The van der Waals surface area contributed by atoms with Gasteiger partial charge in [-0.3, -0.25) is 0 Å². The number of aromatic nitrogens is 3. The lowest BCUT2D eigenvalue weighted by Gasteiger charge is -2.26. The summed E-state index contributed by atoms with van der Waals surface area (Å²) in [5.41, 5.74) is 6.73. The zero-order valence-electron chi connectivity index (χ0n) is 9.74. The van der Waals surface area contributed by atoms with E-state index in [1.54, 1.807) is 11.3 Å². The number of anilines is 2. The molecule has 0 aromatic carbocycles.